The van der Waals surface area contributed by atoms with Gasteiger partial charge in [0.15, 0.2) is 11.5 Å². The molecule has 0 bridgehead atoms. The Bertz CT molecular complexity index is 878. The molecule has 0 amide bonds. The van der Waals surface area contributed by atoms with Crippen molar-refractivity contribution < 1.29 is 18.4 Å². The van der Waals surface area contributed by atoms with Crippen LogP contribution in [0.5, 0.6) is 5.75 Å². The maximum Gasteiger partial charge on any atom is 0.283 e. The zero-order chi connectivity index (χ0) is 18.6. The van der Waals surface area contributed by atoms with E-state index in [2.05, 4.69) is 15.1 Å². The van der Waals surface area contributed by atoms with Gasteiger partial charge >= 0.3 is 0 Å². The quantitative estimate of drug-likeness (QED) is 0.617. The molecule has 3 aromatic rings. The van der Waals surface area contributed by atoms with Crippen molar-refractivity contribution in [2.45, 2.75) is 19.4 Å². The summed E-state index contributed by atoms with van der Waals surface area (Å²) in [5, 5.41) is 8.11. The van der Waals surface area contributed by atoms with E-state index in [1.165, 1.54) is 0 Å². The first-order valence-corrected chi connectivity index (χ1v) is 9.00. The van der Waals surface area contributed by atoms with E-state index in [0.717, 1.165) is 37.2 Å². The molecule has 0 aliphatic carbocycles. The van der Waals surface area contributed by atoms with Gasteiger partial charge in [-0.05, 0) is 62.3 Å². The molecular weight excluding hydrogens is 346 g/mol. The minimum absolute atomic E-state index is 0.0519. The number of carbonyl (C=O) groups is 1. The molecule has 27 heavy (non-hydrogen) atoms. The summed E-state index contributed by atoms with van der Waals surface area (Å²) in [6, 6.07) is 10.9. The Hall–Kier alpha value is -2.93. The third-order valence-electron chi connectivity index (χ3n) is 4.89. The number of furan rings is 1. The molecule has 4 rings (SSSR count). The normalized spacial score (nSPS) is 15.7. The van der Waals surface area contributed by atoms with Gasteiger partial charge in [-0.2, -0.15) is 0 Å². The summed E-state index contributed by atoms with van der Waals surface area (Å²) in [4.78, 5) is 14.9. The van der Waals surface area contributed by atoms with Crippen molar-refractivity contribution in [3.8, 4) is 17.4 Å². The van der Waals surface area contributed by atoms with Gasteiger partial charge in [-0.3, -0.25) is 9.69 Å². The summed E-state index contributed by atoms with van der Waals surface area (Å²) in [5.74, 6) is 2.53. The smallest absolute Gasteiger partial charge is 0.283 e. The van der Waals surface area contributed by atoms with Crippen molar-refractivity contribution in [2.75, 3.05) is 20.2 Å². The molecule has 0 unspecified atom stereocenters. The van der Waals surface area contributed by atoms with Crippen LogP contribution in [0.3, 0.4) is 0 Å². The van der Waals surface area contributed by atoms with Crippen LogP contribution >= 0.6 is 0 Å². The van der Waals surface area contributed by atoms with E-state index in [4.69, 9.17) is 13.6 Å². The van der Waals surface area contributed by atoms with Crippen LogP contribution in [0, 0.1) is 5.92 Å². The van der Waals surface area contributed by atoms with Crippen LogP contribution in [0.4, 0.5) is 0 Å². The number of methoxy groups -OCH3 is 1. The summed E-state index contributed by atoms with van der Waals surface area (Å²) in [6.45, 7) is 2.23. The lowest BCUT2D eigenvalue weighted by atomic mass is 9.89. The third kappa shape index (κ3) is 3.93. The van der Waals surface area contributed by atoms with Crippen molar-refractivity contribution in [1.29, 1.82) is 0 Å². The van der Waals surface area contributed by atoms with Crippen LogP contribution in [-0.4, -0.2) is 41.1 Å². The first kappa shape index (κ1) is 17.5. The van der Waals surface area contributed by atoms with E-state index in [1.807, 2.05) is 24.3 Å². The minimum Gasteiger partial charge on any atom is -0.497 e. The van der Waals surface area contributed by atoms with Gasteiger partial charge < -0.3 is 13.6 Å². The molecule has 7 heteroatoms. The zero-order valence-electron chi connectivity index (χ0n) is 15.1. The molecule has 0 N–H and O–H groups in total. The van der Waals surface area contributed by atoms with E-state index in [9.17, 15) is 4.79 Å². The summed E-state index contributed by atoms with van der Waals surface area (Å²) < 4.78 is 16.1. The number of rotatable bonds is 6. The van der Waals surface area contributed by atoms with Crippen LogP contribution in [0.1, 0.15) is 29.1 Å². The Morgan fingerprint density at radius 1 is 1.19 bits per heavy atom. The predicted octanol–water partition coefficient (Wildman–Crippen LogP) is 3.43. The first-order valence-electron chi connectivity index (χ1n) is 9.00. The van der Waals surface area contributed by atoms with E-state index >= 15 is 0 Å². The number of carbonyl (C=O) groups excluding carboxylic acids is 1. The van der Waals surface area contributed by atoms with Crippen molar-refractivity contribution in [3.05, 3.63) is 54.1 Å². The maximum atomic E-state index is 12.7. The van der Waals surface area contributed by atoms with Gasteiger partial charge in [0.25, 0.3) is 5.89 Å². The molecule has 140 valence electrons. The van der Waals surface area contributed by atoms with E-state index < -0.39 is 0 Å². The van der Waals surface area contributed by atoms with Crippen molar-refractivity contribution in [1.82, 2.24) is 15.1 Å². The maximum absolute atomic E-state index is 12.7. The average Bonchev–Trinajstić information content (AvgIpc) is 3.40. The number of Topliss-reactive ketones (excluding diaryl/α,β-unsaturated/α-hetero) is 1. The molecule has 3 heterocycles. The number of piperidine rings is 1. The highest BCUT2D eigenvalue weighted by Gasteiger charge is 2.26. The number of hydrogen-bond donors (Lipinski definition) is 0. The Balaban J connectivity index is 1.31. The van der Waals surface area contributed by atoms with Gasteiger partial charge in [-0.15, -0.1) is 10.2 Å². The van der Waals surface area contributed by atoms with Crippen molar-refractivity contribution in [2.24, 2.45) is 5.92 Å². The van der Waals surface area contributed by atoms with E-state index in [1.54, 1.807) is 25.5 Å². The van der Waals surface area contributed by atoms with Crippen LogP contribution in [-0.2, 0) is 6.54 Å². The molecule has 1 aliphatic heterocycles. The SMILES string of the molecule is COc1ccc(C(=O)C2CCN(Cc3nnc(-c4ccco4)o3)CC2)cc1. The second kappa shape index (κ2) is 7.75. The average molecular weight is 367 g/mol. The second-order valence-electron chi connectivity index (χ2n) is 6.62. The predicted molar refractivity (Wildman–Crippen MR) is 97.3 cm³/mol. The number of nitrogens with zero attached hydrogens (tertiary/aromatic N) is 3. The number of benzene rings is 1. The highest BCUT2D eigenvalue weighted by atomic mass is 16.5. The highest BCUT2D eigenvalue weighted by molar-refractivity contribution is 5.98. The molecule has 7 nitrogen and oxygen atoms in total. The molecule has 0 atom stereocenters. The number of ketones is 1. The van der Waals surface area contributed by atoms with Crippen molar-refractivity contribution >= 4 is 5.78 Å². The number of aromatic nitrogens is 2. The van der Waals surface area contributed by atoms with Gasteiger partial charge in [-0.1, -0.05) is 0 Å². The molecule has 2 aromatic heterocycles. The van der Waals surface area contributed by atoms with E-state index in [-0.39, 0.29) is 11.7 Å². The van der Waals surface area contributed by atoms with Crippen LogP contribution < -0.4 is 4.74 Å². The number of likely N-dealkylation sites (tertiary alicyclic amines) is 1. The third-order valence-corrected chi connectivity index (χ3v) is 4.89. The second-order valence-corrected chi connectivity index (χ2v) is 6.62. The lowest BCUT2D eigenvalue weighted by Crippen LogP contribution is -2.36. The topological polar surface area (TPSA) is 81.6 Å². The Labute approximate surface area is 156 Å². The van der Waals surface area contributed by atoms with Crippen LogP contribution in [0.15, 0.2) is 51.5 Å². The molecule has 0 radical (unpaired) electrons. The Kier molecular flexibility index (Phi) is 5.02. The number of hydrogen-bond acceptors (Lipinski definition) is 7. The monoisotopic (exact) mass is 367 g/mol. The first-order chi connectivity index (χ1) is 13.2. The Morgan fingerprint density at radius 2 is 1.96 bits per heavy atom. The zero-order valence-corrected chi connectivity index (χ0v) is 15.1. The van der Waals surface area contributed by atoms with Gasteiger partial charge in [0, 0.05) is 11.5 Å². The molecule has 1 aliphatic rings. The molecule has 1 aromatic carbocycles. The van der Waals surface area contributed by atoms with E-state index in [0.29, 0.717) is 24.1 Å². The van der Waals surface area contributed by atoms with Crippen LogP contribution in [0.2, 0.25) is 0 Å². The molecular formula is C20H21N3O4. The van der Waals surface area contributed by atoms with Crippen molar-refractivity contribution in [3.63, 3.8) is 0 Å². The number of ether oxygens (including phenoxy) is 1. The summed E-state index contributed by atoms with van der Waals surface area (Å²) >= 11 is 0. The summed E-state index contributed by atoms with van der Waals surface area (Å²) in [6.07, 6.45) is 3.22. The van der Waals surface area contributed by atoms with Gasteiger partial charge in [0.05, 0.1) is 19.9 Å². The van der Waals surface area contributed by atoms with Crippen LogP contribution in [0.25, 0.3) is 11.7 Å². The van der Waals surface area contributed by atoms with Gasteiger partial charge in [0.1, 0.15) is 5.75 Å². The minimum atomic E-state index is 0.0519. The lowest BCUT2D eigenvalue weighted by molar-refractivity contribution is 0.0827. The molecule has 0 spiro atoms. The fraction of sp³-hybridized carbons (Fsp3) is 0.350. The Morgan fingerprint density at radius 3 is 2.63 bits per heavy atom. The fourth-order valence-corrected chi connectivity index (χ4v) is 3.35. The van der Waals surface area contributed by atoms with Gasteiger partial charge in [0.2, 0.25) is 5.89 Å². The highest BCUT2D eigenvalue weighted by Crippen LogP contribution is 2.25. The summed E-state index contributed by atoms with van der Waals surface area (Å²) in [5.41, 5.74) is 0.745. The largest absolute Gasteiger partial charge is 0.497 e. The molecule has 1 saturated heterocycles. The fourth-order valence-electron chi connectivity index (χ4n) is 3.35. The molecule has 1 fully saturated rings. The summed E-state index contributed by atoms with van der Waals surface area (Å²) in [7, 11) is 1.62. The molecule has 0 saturated carbocycles. The van der Waals surface area contributed by atoms with Gasteiger partial charge in [-0.25, -0.2) is 0 Å². The standard InChI is InChI=1S/C20H21N3O4/c1-25-16-6-4-14(5-7-16)19(24)15-8-10-23(11-9-15)13-18-21-22-20(27-18)17-3-2-12-26-17/h2-7,12,15H,8-11,13H2,1H3. The lowest BCUT2D eigenvalue weighted by Gasteiger charge is -2.30.